The highest BCUT2D eigenvalue weighted by molar-refractivity contribution is 5.16. The summed E-state index contributed by atoms with van der Waals surface area (Å²) in [6.45, 7) is 6.54. The summed E-state index contributed by atoms with van der Waals surface area (Å²) >= 11 is 0. The molecule has 0 bridgehead atoms. The first kappa shape index (κ1) is 57.3. The Bertz CT molecular complexity index is 1910. The van der Waals surface area contributed by atoms with E-state index in [2.05, 4.69) is 27.7 Å². The lowest BCUT2D eigenvalue weighted by Crippen LogP contribution is -2.68. The lowest BCUT2D eigenvalue weighted by atomic mass is 9.43. The summed E-state index contributed by atoms with van der Waals surface area (Å²) in [7, 11) is 0. The van der Waals surface area contributed by atoms with E-state index in [1.165, 1.54) is 0 Å². The quantitative estimate of drug-likeness (QED) is 0.0830. The second kappa shape index (κ2) is 22.1. The normalized spacial score (nSPS) is 58.0. The second-order valence-electron chi connectivity index (χ2n) is 24.5. The lowest BCUT2D eigenvalue weighted by molar-refractivity contribution is -0.406. The summed E-state index contributed by atoms with van der Waals surface area (Å²) in [4.78, 5) is 0. The Labute approximate surface area is 435 Å². The van der Waals surface area contributed by atoms with Crippen LogP contribution in [0.2, 0.25) is 0 Å². The van der Waals surface area contributed by atoms with Gasteiger partial charge >= 0.3 is 0 Å². The maximum Gasteiger partial charge on any atom is 0.187 e. The van der Waals surface area contributed by atoms with E-state index in [0.717, 1.165) is 45.1 Å². The SMILES string of the molecule is C[C@H]1CC[C@@]2(OC1)O[C@H]1C[C@H]3[C@@H]4C[C@@H](O)[C@H]5C[C@@H](O[C@@H]6O[C@H](CO)[C@H](O[C@@H]7O[C@H](CO)[C@@H](O)[C@H](O[C@@H]8O[C@H](CO)[C@@H](O)[C@H](O)[C@H]8O)[C@H]7O[C@@H]7O[C@H](CO)[C@@H](O)[C@H](O)[C@H]7O)[C@H](O)[C@H]6O)CC[C@]5(C)[C@H]4CC[C@]3(C)[C@H]1[C@@H]2C. The van der Waals surface area contributed by atoms with Gasteiger partial charge in [-0.05, 0) is 97.7 Å². The molecule has 4 aliphatic carbocycles. The molecule has 10 fully saturated rings. The average Bonchev–Trinajstić information content (AvgIpc) is 3.85. The van der Waals surface area contributed by atoms with Gasteiger partial charge in [0, 0.05) is 12.3 Å². The van der Waals surface area contributed by atoms with Crippen molar-refractivity contribution in [2.24, 2.45) is 52.3 Å². The zero-order chi connectivity index (χ0) is 53.8. The third-order valence-corrected chi connectivity index (χ3v) is 20.4. The highest BCUT2D eigenvalue weighted by atomic mass is 16.8. The molecular weight excluding hydrogens is 997 g/mol. The molecule has 0 aromatic carbocycles. The van der Waals surface area contributed by atoms with E-state index in [9.17, 15) is 71.5 Å². The Morgan fingerprint density at radius 1 is 0.467 bits per heavy atom. The predicted molar refractivity (Wildman–Crippen MR) is 250 cm³/mol. The van der Waals surface area contributed by atoms with Gasteiger partial charge in [-0.25, -0.2) is 0 Å². The Kier molecular flexibility index (Phi) is 16.9. The Morgan fingerprint density at radius 2 is 1.00 bits per heavy atom. The zero-order valence-corrected chi connectivity index (χ0v) is 43.1. The summed E-state index contributed by atoms with van der Waals surface area (Å²) in [5.74, 6) is 1.64. The molecule has 0 radical (unpaired) electrons. The maximum absolute atomic E-state index is 12.1. The minimum atomic E-state index is -2.05. The van der Waals surface area contributed by atoms with E-state index in [0.29, 0.717) is 48.9 Å². The van der Waals surface area contributed by atoms with Crippen LogP contribution in [-0.2, 0) is 47.4 Å². The summed E-state index contributed by atoms with van der Waals surface area (Å²) in [5, 5.41) is 152. The zero-order valence-electron chi connectivity index (χ0n) is 43.1. The van der Waals surface area contributed by atoms with Crippen molar-refractivity contribution in [1.29, 1.82) is 0 Å². The van der Waals surface area contributed by atoms with Crippen LogP contribution in [0.4, 0.5) is 0 Å². The van der Waals surface area contributed by atoms with Crippen LogP contribution in [0.25, 0.3) is 0 Å². The molecule has 0 amide bonds. The van der Waals surface area contributed by atoms with Crippen molar-refractivity contribution < 1.29 is 119 Å². The summed E-state index contributed by atoms with van der Waals surface area (Å²) < 4.78 is 61.3. The molecule has 10 rings (SSSR count). The first-order chi connectivity index (χ1) is 35.6. The number of aliphatic hydroxyl groups excluding tert-OH is 14. The number of hydrogen-bond donors (Lipinski definition) is 14. The predicted octanol–water partition coefficient (Wildman–Crippen LogP) is -3.94. The topological polar surface area (TPSA) is 376 Å². The van der Waals surface area contributed by atoms with Gasteiger partial charge in [-0.1, -0.05) is 27.7 Å². The average molecular weight is 1080 g/mol. The standard InChI is InChI=1S/C51H84O24/c1-19-5-10-51(66-18-19)20(2)32-27(75-51)13-24-22-12-26(56)25-11-21(6-8-49(25,3)23(22)7-9-50(24,32)4)67-45-41(65)38(62)42(31(17-55)71-45)72-48-44(74-47-40(64)37(61)34(58)29(15-53)69-47)43(35(59)30(16-54)70-48)73-46-39(63)36(60)33(57)28(14-52)68-46/h19-48,52-65H,5-18H2,1-4H3/t19-,20-,21-,22+,23-,24-,25+,26+,27-,28+,29+,30+,31+,32-,33+,34+,35+,36-,37-,38+,39+,40+,41+,42-,43-,44+,45+,46-,47-,48-,49+,50-,51+/m0/s1. The maximum atomic E-state index is 12.1. The van der Waals surface area contributed by atoms with Crippen LogP contribution >= 0.6 is 0 Å². The van der Waals surface area contributed by atoms with Crippen molar-refractivity contribution in [3.63, 3.8) is 0 Å². The highest BCUT2D eigenvalue weighted by Crippen LogP contribution is 2.71. The van der Waals surface area contributed by atoms with Gasteiger partial charge in [-0.2, -0.15) is 0 Å². The van der Waals surface area contributed by atoms with Crippen LogP contribution in [-0.4, -0.2) is 251 Å². The van der Waals surface area contributed by atoms with Gasteiger partial charge in [0.1, 0.15) is 97.7 Å². The molecule has 6 heterocycles. The molecule has 24 nitrogen and oxygen atoms in total. The van der Waals surface area contributed by atoms with E-state index in [4.69, 9.17) is 47.4 Å². The second-order valence-corrected chi connectivity index (χ2v) is 24.5. The Balaban J connectivity index is 0.829. The molecule has 0 unspecified atom stereocenters. The molecule has 6 saturated heterocycles. The van der Waals surface area contributed by atoms with Gasteiger partial charge < -0.3 is 119 Å². The summed E-state index contributed by atoms with van der Waals surface area (Å²) in [6.07, 6.45) is -29.9. The fraction of sp³-hybridized carbons (Fsp3) is 1.00. The van der Waals surface area contributed by atoms with E-state index in [1.807, 2.05) is 0 Å². The first-order valence-corrected chi connectivity index (χ1v) is 27.4. The van der Waals surface area contributed by atoms with Gasteiger partial charge in [0.25, 0.3) is 0 Å². The summed E-state index contributed by atoms with van der Waals surface area (Å²) in [5.41, 5.74) is -0.133. The van der Waals surface area contributed by atoms with Gasteiger partial charge in [0.05, 0.1) is 51.3 Å². The molecule has 1 spiro atoms. The molecule has 0 aromatic rings. The third-order valence-electron chi connectivity index (χ3n) is 20.4. The largest absolute Gasteiger partial charge is 0.394 e. The Hall–Kier alpha value is -0.960. The fourth-order valence-corrected chi connectivity index (χ4v) is 16.2. The van der Waals surface area contributed by atoms with Gasteiger partial charge in [-0.15, -0.1) is 0 Å². The molecule has 33 atom stereocenters. The molecule has 4 saturated carbocycles. The van der Waals surface area contributed by atoms with E-state index < -0.39 is 167 Å². The number of rotatable bonds is 12. The van der Waals surface area contributed by atoms with Crippen molar-refractivity contribution in [2.45, 2.75) is 232 Å². The molecule has 432 valence electrons. The fourth-order valence-electron chi connectivity index (χ4n) is 16.2. The van der Waals surface area contributed by atoms with Gasteiger partial charge in [-0.3, -0.25) is 0 Å². The number of aliphatic hydroxyl groups is 14. The van der Waals surface area contributed by atoms with Crippen molar-refractivity contribution in [1.82, 2.24) is 0 Å². The van der Waals surface area contributed by atoms with Crippen LogP contribution < -0.4 is 0 Å². The lowest BCUT2D eigenvalue weighted by Gasteiger charge is -2.62. The summed E-state index contributed by atoms with van der Waals surface area (Å²) in [6, 6.07) is 0. The number of ether oxygens (including phenoxy) is 10. The van der Waals surface area contributed by atoms with Gasteiger partial charge in [0.2, 0.25) is 0 Å². The van der Waals surface area contributed by atoms with E-state index in [-0.39, 0.29) is 28.8 Å². The van der Waals surface area contributed by atoms with Crippen molar-refractivity contribution >= 4 is 0 Å². The van der Waals surface area contributed by atoms with Crippen LogP contribution in [0.3, 0.4) is 0 Å². The van der Waals surface area contributed by atoms with Crippen molar-refractivity contribution in [3.05, 3.63) is 0 Å². The molecular formula is C51H84O24. The van der Waals surface area contributed by atoms with E-state index in [1.54, 1.807) is 0 Å². The van der Waals surface area contributed by atoms with Crippen molar-refractivity contribution in [2.75, 3.05) is 33.0 Å². The van der Waals surface area contributed by atoms with Crippen LogP contribution in [0.1, 0.15) is 85.5 Å². The minimum Gasteiger partial charge on any atom is -0.394 e. The third kappa shape index (κ3) is 9.79. The van der Waals surface area contributed by atoms with Crippen LogP contribution in [0.15, 0.2) is 0 Å². The minimum absolute atomic E-state index is 0.0667. The number of fused-ring (bicyclic) bond motifs is 7. The molecule has 75 heavy (non-hydrogen) atoms. The Morgan fingerprint density at radius 3 is 1.60 bits per heavy atom. The molecule has 14 N–H and O–H groups in total. The first-order valence-electron chi connectivity index (χ1n) is 27.4. The number of hydrogen-bond acceptors (Lipinski definition) is 24. The molecule has 0 aromatic heterocycles. The van der Waals surface area contributed by atoms with E-state index >= 15 is 0 Å². The van der Waals surface area contributed by atoms with Gasteiger partial charge in [0.15, 0.2) is 30.9 Å². The van der Waals surface area contributed by atoms with Crippen LogP contribution in [0, 0.1) is 52.3 Å². The smallest absolute Gasteiger partial charge is 0.187 e. The highest BCUT2D eigenvalue weighted by Gasteiger charge is 2.70. The molecule has 10 aliphatic rings. The molecule has 24 heteroatoms. The van der Waals surface area contributed by atoms with Crippen molar-refractivity contribution in [3.8, 4) is 0 Å². The van der Waals surface area contributed by atoms with Crippen LogP contribution in [0.5, 0.6) is 0 Å². The molecule has 6 aliphatic heterocycles. The monoisotopic (exact) mass is 1080 g/mol.